The summed E-state index contributed by atoms with van der Waals surface area (Å²) in [5.74, 6) is -3.48. The summed E-state index contributed by atoms with van der Waals surface area (Å²) in [6, 6.07) is 5.97. The number of anilines is 3. The third kappa shape index (κ3) is 5.75. The monoisotopic (exact) mass is 654 g/mol. The van der Waals surface area contributed by atoms with E-state index in [-0.39, 0.29) is 37.5 Å². The molecule has 2 aromatic heterocycles. The van der Waals surface area contributed by atoms with E-state index in [1.165, 1.54) is 19.4 Å². The molecule has 2 N–H and O–H groups in total. The molecule has 2 aliphatic rings. The minimum Gasteiger partial charge on any atom is -0.480 e. The van der Waals surface area contributed by atoms with Gasteiger partial charge in [-0.05, 0) is 36.4 Å². The first-order valence-electron chi connectivity index (χ1n) is 13.2. The van der Waals surface area contributed by atoms with E-state index in [4.69, 9.17) is 9.47 Å². The Morgan fingerprint density at radius 3 is 2.33 bits per heavy atom. The minimum atomic E-state index is -5.06. The lowest BCUT2D eigenvalue weighted by molar-refractivity contribution is -0.140. The van der Waals surface area contributed by atoms with Gasteiger partial charge in [-0.3, -0.25) is 9.59 Å². The molecule has 2 saturated heterocycles. The van der Waals surface area contributed by atoms with Crippen LogP contribution in [-0.2, 0) is 17.1 Å². The van der Waals surface area contributed by atoms with Crippen molar-refractivity contribution in [3.63, 3.8) is 0 Å². The molecule has 16 heteroatoms. The number of aromatic nitrogens is 1. The maximum atomic E-state index is 13.8. The standard InChI is InChI=1S/C29H21F7N4O4S/c1-43-26-18(8-16(9-37-26)40-10-27(11-40)12-44-13-27)24(41)39-22-17-4-2-14(28(31,32)33)6-21(17)45-23(22)25(42)38-15-3-5-20(30)19(7-15)29(34,35)36/h2-9H,10-13H2,1H3,(H,38,42)(H,39,41). The van der Waals surface area contributed by atoms with Crippen LogP contribution in [-0.4, -0.2) is 50.2 Å². The third-order valence-electron chi connectivity index (χ3n) is 7.50. The van der Waals surface area contributed by atoms with Gasteiger partial charge in [-0.15, -0.1) is 11.3 Å². The van der Waals surface area contributed by atoms with Crippen molar-refractivity contribution < 1.29 is 49.8 Å². The van der Waals surface area contributed by atoms with Crippen molar-refractivity contribution >= 4 is 50.3 Å². The van der Waals surface area contributed by atoms with Gasteiger partial charge in [-0.2, -0.15) is 26.3 Å². The summed E-state index contributed by atoms with van der Waals surface area (Å²) in [4.78, 5) is 32.9. The van der Waals surface area contributed by atoms with E-state index in [0.29, 0.717) is 55.5 Å². The Kier molecular flexibility index (Phi) is 7.39. The summed E-state index contributed by atoms with van der Waals surface area (Å²) in [6.45, 7) is 2.62. The predicted molar refractivity (Wildman–Crippen MR) is 150 cm³/mol. The maximum Gasteiger partial charge on any atom is 0.419 e. The zero-order chi connectivity index (χ0) is 32.3. The number of carbonyl (C=O) groups excluding carboxylic acids is 2. The molecule has 4 aromatic rings. The molecular weight excluding hydrogens is 633 g/mol. The Balaban J connectivity index is 1.35. The highest BCUT2D eigenvalue weighted by Crippen LogP contribution is 2.43. The van der Waals surface area contributed by atoms with Crippen LogP contribution >= 0.6 is 11.3 Å². The first-order valence-corrected chi connectivity index (χ1v) is 14.0. The van der Waals surface area contributed by atoms with Crippen LogP contribution in [0.3, 0.4) is 0 Å². The van der Waals surface area contributed by atoms with Gasteiger partial charge in [0.1, 0.15) is 16.3 Å². The molecule has 2 aliphatic heterocycles. The zero-order valence-electron chi connectivity index (χ0n) is 23.0. The lowest BCUT2D eigenvalue weighted by Crippen LogP contribution is -2.66. The first-order chi connectivity index (χ1) is 21.2. The van der Waals surface area contributed by atoms with E-state index in [0.717, 1.165) is 24.3 Å². The van der Waals surface area contributed by atoms with Crippen LogP contribution in [0.15, 0.2) is 48.7 Å². The van der Waals surface area contributed by atoms with Crippen molar-refractivity contribution in [3.05, 3.63) is 76.0 Å². The van der Waals surface area contributed by atoms with Gasteiger partial charge in [0.05, 0.1) is 54.4 Å². The topological polar surface area (TPSA) is 92.8 Å². The molecule has 2 aromatic carbocycles. The number of fused-ring (bicyclic) bond motifs is 1. The van der Waals surface area contributed by atoms with Crippen molar-refractivity contribution in [3.8, 4) is 5.88 Å². The SMILES string of the molecule is COc1ncc(N2CC3(COC3)C2)cc1C(=O)Nc1c(C(=O)Nc2ccc(F)c(C(F)(F)F)c2)sc2cc(C(F)(F)F)ccc12. The highest BCUT2D eigenvalue weighted by molar-refractivity contribution is 7.21. The number of hydrogen-bond acceptors (Lipinski definition) is 7. The molecule has 8 nitrogen and oxygen atoms in total. The first kappa shape index (κ1) is 30.6. The second-order valence-electron chi connectivity index (χ2n) is 10.7. The number of alkyl halides is 6. The number of methoxy groups -OCH3 is 1. The molecule has 0 unspecified atom stereocenters. The predicted octanol–water partition coefficient (Wildman–Crippen LogP) is 6.82. The number of ether oxygens (including phenoxy) is 2. The van der Waals surface area contributed by atoms with Crippen molar-refractivity contribution in [1.29, 1.82) is 0 Å². The molecule has 1 spiro atoms. The fourth-order valence-corrected chi connectivity index (χ4v) is 6.30. The van der Waals surface area contributed by atoms with Crippen molar-refractivity contribution in [2.45, 2.75) is 12.4 Å². The molecule has 0 saturated carbocycles. The Labute approximate surface area is 253 Å². The Hall–Kier alpha value is -4.44. The number of nitrogens with zero attached hydrogens (tertiary/aromatic N) is 2. The summed E-state index contributed by atoms with van der Waals surface area (Å²) < 4.78 is 104. The van der Waals surface area contributed by atoms with Crippen LogP contribution in [0.4, 0.5) is 47.8 Å². The number of amides is 2. The number of pyridine rings is 1. The van der Waals surface area contributed by atoms with Gasteiger partial charge < -0.3 is 25.0 Å². The summed E-state index contributed by atoms with van der Waals surface area (Å²) in [5, 5.41) is 4.85. The van der Waals surface area contributed by atoms with Crippen LogP contribution in [0, 0.1) is 11.2 Å². The fraction of sp³-hybridized carbons (Fsp3) is 0.276. The van der Waals surface area contributed by atoms with Gasteiger partial charge in [0.25, 0.3) is 11.8 Å². The minimum absolute atomic E-state index is 0.0344. The van der Waals surface area contributed by atoms with E-state index in [1.54, 1.807) is 0 Å². The highest BCUT2D eigenvalue weighted by Gasteiger charge is 2.49. The average molecular weight is 655 g/mol. The van der Waals surface area contributed by atoms with Crippen molar-refractivity contribution in [2.75, 3.05) is 48.9 Å². The summed E-state index contributed by atoms with van der Waals surface area (Å²) in [6.07, 6.45) is -8.25. The molecule has 2 fully saturated rings. The van der Waals surface area contributed by atoms with Crippen LogP contribution in [0.25, 0.3) is 10.1 Å². The molecule has 2 amide bonds. The van der Waals surface area contributed by atoms with Gasteiger partial charge in [0.2, 0.25) is 5.88 Å². The molecular formula is C29H21F7N4O4S. The quantitative estimate of drug-likeness (QED) is 0.222. The number of carbonyl (C=O) groups is 2. The van der Waals surface area contributed by atoms with Crippen LogP contribution < -0.4 is 20.3 Å². The van der Waals surface area contributed by atoms with E-state index in [2.05, 4.69) is 15.6 Å². The van der Waals surface area contributed by atoms with Gasteiger partial charge >= 0.3 is 12.4 Å². The summed E-state index contributed by atoms with van der Waals surface area (Å²) in [5.41, 5.74) is -2.63. The normalized spacial score (nSPS) is 15.9. The molecule has 236 valence electrons. The van der Waals surface area contributed by atoms with Gasteiger partial charge in [-0.25, -0.2) is 9.37 Å². The fourth-order valence-electron chi connectivity index (χ4n) is 5.20. The molecule has 0 radical (unpaired) electrons. The third-order valence-corrected chi connectivity index (χ3v) is 8.65. The average Bonchev–Trinajstić information content (AvgIpc) is 3.29. The van der Waals surface area contributed by atoms with Crippen molar-refractivity contribution in [2.24, 2.45) is 5.41 Å². The van der Waals surface area contributed by atoms with E-state index in [9.17, 15) is 40.3 Å². The largest absolute Gasteiger partial charge is 0.480 e. The molecule has 0 bridgehead atoms. The van der Waals surface area contributed by atoms with E-state index >= 15 is 0 Å². The molecule has 6 rings (SSSR count). The van der Waals surface area contributed by atoms with Gasteiger partial charge in [0, 0.05) is 28.9 Å². The van der Waals surface area contributed by atoms with Gasteiger partial charge in [-0.1, -0.05) is 6.07 Å². The van der Waals surface area contributed by atoms with E-state index in [1.807, 2.05) is 4.90 Å². The molecule has 45 heavy (non-hydrogen) atoms. The lowest BCUT2D eigenvalue weighted by atomic mass is 9.78. The van der Waals surface area contributed by atoms with E-state index < -0.39 is 46.8 Å². The molecule has 0 atom stereocenters. The number of rotatable bonds is 6. The Bertz CT molecular complexity index is 1830. The lowest BCUT2D eigenvalue weighted by Gasteiger charge is -2.55. The number of nitrogens with one attached hydrogen (secondary N) is 2. The Morgan fingerprint density at radius 1 is 0.978 bits per heavy atom. The number of benzene rings is 2. The van der Waals surface area contributed by atoms with Crippen LogP contribution in [0.1, 0.15) is 31.2 Å². The zero-order valence-corrected chi connectivity index (χ0v) is 23.8. The van der Waals surface area contributed by atoms with Crippen molar-refractivity contribution in [1.82, 2.24) is 4.98 Å². The second-order valence-corrected chi connectivity index (χ2v) is 11.8. The Morgan fingerprint density at radius 2 is 1.71 bits per heavy atom. The summed E-state index contributed by atoms with van der Waals surface area (Å²) in [7, 11) is 1.29. The number of hydrogen-bond donors (Lipinski definition) is 2. The molecule has 0 aliphatic carbocycles. The number of thiophene rings is 1. The second kappa shape index (κ2) is 10.9. The summed E-state index contributed by atoms with van der Waals surface area (Å²) >= 11 is 0.581. The number of halogens is 7. The smallest absolute Gasteiger partial charge is 0.419 e. The molecule has 4 heterocycles. The van der Waals surface area contributed by atoms with Gasteiger partial charge in [0.15, 0.2) is 0 Å². The van der Waals surface area contributed by atoms with Crippen LogP contribution in [0.5, 0.6) is 5.88 Å². The highest BCUT2D eigenvalue weighted by atomic mass is 32.1. The van der Waals surface area contributed by atoms with Crippen LogP contribution in [0.2, 0.25) is 0 Å². The maximum absolute atomic E-state index is 13.8.